The van der Waals surface area contributed by atoms with E-state index in [1.54, 1.807) is 18.5 Å². The Morgan fingerprint density at radius 2 is 1.54 bits per heavy atom. The first-order chi connectivity index (χ1) is 13.7. The molecule has 146 valence electrons. The molecule has 1 aliphatic heterocycles. The summed E-state index contributed by atoms with van der Waals surface area (Å²) in [4.78, 5) is 37.9. The number of pyridine rings is 2. The Balaban J connectivity index is 1.34. The van der Waals surface area contributed by atoms with E-state index >= 15 is 0 Å². The predicted octanol–water partition coefficient (Wildman–Crippen LogP) is 3.01. The number of piperazine rings is 1. The molecule has 2 fully saturated rings. The number of rotatable bonds is 3. The van der Waals surface area contributed by atoms with Gasteiger partial charge in [0.25, 0.3) is 5.91 Å². The molecule has 0 N–H and O–H groups in total. The highest BCUT2D eigenvalue weighted by atomic mass is 16.2. The van der Waals surface area contributed by atoms with Crippen LogP contribution in [0, 0.1) is 5.92 Å². The fourth-order valence-corrected chi connectivity index (χ4v) is 4.11. The molecule has 1 saturated heterocycles. The minimum absolute atomic E-state index is 0.0233. The van der Waals surface area contributed by atoms with Gasteiger partial charge in [-0.15, -0.1) is 0 Å². The zero-order valence-corrected chi connectivity index (χ0v) is 16.1. The normalized spacial score (nSPS) is 18.1. The topological polar surface area (TPSA) is 66.4 Å². The number of aromatic nitrogens is 2. The van der Waals surface area contributed by atoms with Crippen LogP contribution in [-0.4, -0.2) is 57.8 Å². The Bertz CT molecular complexity index is 808. The molecule has 2 aliphatic rings. The average molecular weight is 378 g/mol. The second-order valence-corrected chi connectivity index (χ2v) is 7.60. The molecule has 0 radical (unpaired) electrons. The van der Waals surface area contributed by atoms with Crippen LogP contribution in [0.2, 0.25) is 0 Å². The van der Waals surface area contributed by atoms with E-state index in [0.717, 1.165) is 37.1 Å². The average Bonchev–Trinajstić information content (AvgIpc) is 2.79. The molecule has 2 amide bonds. The molecule has 1 saturated carbocycles. The van der Waals surface area contributed by atoms with Gasteiger partial charge in [0, 0.05) is 44.5 Å². The lowest BCUT2D eigenvalue weighted by Gasteiger charge is -2.37. The molecule has 28 heavy (non-hydrogen) atoms. The van der Waals surface area contributed by atoms with Gasteiger partial charge >= 0.3 is 0 Å². The summed E-state index contributed by atoms with van der Waals surface area (Å²) in [6.45, 7) is 2.42. The Hall–Kier alpha value is -2.76. The van der Waals surface area contributed by atoms with Gasteiger partial charge in [-0.2, -0.15) is 0 Å². The van der Waals surface area contributed by atoms with Crippen molar-refractivity contribution in [3.05, 3.63) is 48.3 Å². The molecular formula is C22H26N4O2. The zero-order valence-electron chi connectivity index (χ0n) is 16.1. The molecule has 1 aliphatic carbocycles. The second kappa shape index (κ2) is 8.50. The first kappa shape index (κ1) is 18.6. The van der Waals surface area contributed by atoms with Crippen molar-refractivity contribution in [3.63, 3.8) is 0 Å². The first-order valence-electron chi connectivity index (χ1n) is 10.2. The third-order valence-corrected chi connectivity index (χ3v) is 5.77. The van der Waals surface area contributed by atoms with Crippen molar-refractivity contribution in [2.75, 3.05) is 26.2 Å². The highest BCUT2D eigenvalue weighted by Crippen LogP contribution is 2.26. The predicted molar refractivity (Wildman–Crippen MR) is 107 cm³/mol. The van der Waals surface area contributed by atoms with Crippen molar-refractivity contribution in [2.45, 2.75) is 32.1 Å². The fraction of sp³-hybridized carbons (Fsp3) is 0.455. The number of nitrogens with zero attached hydrogens (tertiary/aromatic N) is 4. The van der Waals surface area contributed by atoms with E-state index in [2.05, 4.69) is 9.97 Å². The van der Waals surface area contributed by atoms with Crippen LogP contribution >= 0.6 is 0 Å². The van der Waals surface area contributed by atoms with Crippen molar-refractivity contribution in [3.8, 4) is 11.4 Å². The van der Waals surface area contributed by atoms with Crippen LogP contribution in [0.4, 0.5) is 0 Å². The number of hydrogen-bond acceptors (Lipinski definition) is 4. The monoisotopic (exact) mass is 378 g/mol. The van der Waals surface area contributed by atoms with Crippen LogP contribution in [-0.2, 0) is 4.79 Å². The fourth-order valence-electron chi connectivity index (χ4n) is 4.11. The first-order valence-corrected chi connectivity index (χ1v) is 10.2. The van der Waals surface area contributed by atoms with E-state index in [9.17, 15) is 9.59 Å². The van der Waals surface area contributed by atoms with E-state index in [0.29, 0.717) is 31.7 Å². The second-order valence-electron chi connectivity index (χ2n) is 7.60. The van der Waals surface area contributed by atoms with Crippen molar-refractivity contribution >= 4 is 11.8 Å². The third-order valence-electron chi connectivity index (χ3n) is 5.77. The minimum Gasteiger partial charge on any atom is -0.339 e. The van der Waals surface area contributed by atoms with Crippen molar-refractivity contribution < 1.29 is 9.59 Å². The summed E-state index contributed by atoms with van der Waals surface area (Å²) >= 11 is 0. The van der Waals surface area contributed by atoms with Crippen LogP contribution < -0.4 is 0 Å². The quantitative estimate of drug-likeness (QED) is 0.823. The van der Waals surface area contributed by atoms with E-state index in [1.807, 2.05) is 34.1 Å². The Morgan fingerprint density at radius 1 is 0.821 bits per heavy atom. The lowest BCUT2D eigenvalue weighted by molar-refractivity contribution is -0.138. The van der Waals surface area contributed by atoms with E-state index in [-0.39, 0.29) is 17.7 Å². The summed E-state index contributed by atoms with van der Waals surface area (Å²) < 4.78 is 0. The molecule has 6 heteroatoms. The lowest BCUT2D eigenvalue weighted by Crippen LogP contribution is -2.52. The summed E-state index contributed by atoms with van der Waals surface area (Å²) in [5.74, 6) is 0.456. The Labute approximate surface area is 165 Å². The molecule has 0 aromatic carbocycles. The molecule has 6 nitrogen and oxygen atoms in total. The molecule has 4 rings (SSSR count). The summed E-state index contributed by atoms with van der Waals surface area (Å²) in [5.41, 5.74) is 2.11. The number of carbonyl (C=O) groups excluding carboxylic acids is 2. The third kappa shape index (κ3) is 4.06. The molecule has 3 heterocycles. The standard InChI is InChI=1S/C22H26N4O2/c27-21(17-6-2-1-3-7-17)25-12-14-26(15-13-25)22(28)18-9-10-20(24-16-18)19-8-4-5-11-23-19/h4-5,8-11,16-17H,1-3,6-7,12-15H2. The van der Waals surface area contributed by atoms with Crippen LogP contribution in [0.3, 0.4) is 0 Å². The molecule has 0 bridgehead atoms. The Morgan fingerprint density at radius 3 is 2.18 bits per heavy atom. The van der Waals surface area contributed by atoms with Crippen LogP contribution in [0.5, 0.6) is 0 Å². The lowest BCUT2D eigenvalue weighted by atomic mass is 9.88. The largest absolute Gasteiger partial charge is 0.339 e. The highest BCUT2D eigenvalue weighted by molar-refractivity contribution is 5.94. The molecule has 0 spiro atoms. The molecule has 2 aromatic heterocycles. The van der Waals surface area contributed by atoms with Gasteiger partial charge in [-0.25, -0.2) is 0 Å². The van der Waals surface area contributed by atoms with Crippen molar-refractivity contribution in [1.29, 1.82) is 0 Å². The van der Waals surface area contributed by atoms with Crippen molar-refractivity contribution in [1.82, 2.24) is 19.8 Å². The molecule has 0 atom stereocenters. The summed E-state index contributed by atoms with van der Waals surface area (Å²) in [6, 6.07) is 9.31. The van der Waals surface area contributed by atoms with Gasteiger partial charge in [-0.1, -0.05) is 25.3 Å². The summed E-state index contributed by atoms with van der Waals surface area (Å²) in [5, 5.41) is 0. The zero-order chi connectivity index (χ0) is 19.3. The maximum absolute atomic E-state index is 12.8. The van der Waals surface area contributed by atoms with Gasteiger partial charge < -0.3 is 9.80 Å². The van der Waals surface area contributed by atoms with Gasteiger partial charge in [0.05, 0.1) is 17.0 Å². The van der Waals surface area contributed by atoms with Gasteiger partial charge in [-0.3, -0.25) is 19.6 Å². The van der Waals surface area contributed by atoms with Crippen LogP contribution in [0.1, 0.15) is 42.5 Å². The molecule has 2 aromatic rings. The van der Waals surface area contributed by atoms with E-state index < -0.39 is 0 Å². The van der Waals surface area contributed by atoms with Crippen LogP contribution in [0.25, 0.3) is 11.4 Å². The smallest absolute Gasteiger partial charge is 0.255 e. The Kier molecular flexibility index (Phi) is 5.65. The summed E-state index contributed by atoms with van der Waals surface area (Å²) in [6.07, 6.45) is 8.96. The SMILES string of the molecule is O=C(c1ccc(-c2ccccn2)nc1)N1CCN(C(=O)C2CCCCC2)CC1. The number of hydrogen-bond donors (Lipinski definition) is 0. The van der Waals surface area contributed by atoms with Crippen LogP contribution in [0.15, 0.2) is 42.7 Å². The molecular weight excluding hydrogens is 352 g/mol. The van der Waals surface area contributed by atoms with Gasteiger partial charge in [0.15, 0.2) is 0 Å². The van der Waals surface area contributed by atoms with E-state index in [1.165, 1.54) is 6.42 Å². The maximum atomic E-state index is 12.8. The van der Waals surface area contributed by atoms with Gasteiger partial charge in [0.2, 0.25) is 5.91 Å². The van der Waals surface area contributed by atoms with Gasteiger partial charge in [0.1, 0.15) is 0 Å². The maximum Gasteiger partial charge on any atom is 0.255 e. The minimum atomic E-state index is -0.0233. The van der Waals surface area contributed by atoms with Gasteiger partial charge in [-0.05, 0) is 37.1 Å². The molecule has 0 unspecified atom stereocenters. The number of carbonyl (C=O) groups is 2. The van der Waals surface area contributed by atoms with E-state index in [4.69, 9.17) is 0 Å². The summed E-state index contributed by atoms with van der Waals surface area (Å²) in [7, 11) is 0. The highest BCUT2D eigenvalue weighted by Gasteiger charge is 2.30. The van der Waals surface area contributed by atoms with Crippen molar-refractivity contribution in [2.24, 2.45) is 5.92 Å². The number of amides is 2.